The molecule has 2 aromatic carbocycles. The van der Waals surface area contributed by atoms with Gasteiger partial charge in [0.05, 0.1) is 13.7 Å². The first-order valence-corrected chi connectivity index (χ1v) is 9.17. The van der Waals surface area contributed by atoms with Crippen LogP contribution < -0.4 is 14.8 Å². The van der Waals surface area contributed by atoms with E-state index < -0.39 is 36.4 Å². The number of ether oxygens (including phenoxy) is 2. The number of hydrogen-bond acceptors (Lipinski definition) is 5. The van der Waals surface area contributed by atoms with E-state index in [4.69, 9.17) is 4.74 Å². The van der Waals surface area contributed by atoms with E-state index in [1.807, 2.05) is 0 Å². The molecule has 1 N–H and O–H groups in total. The average molecular weight is 418 g/mol. The fourth-order valence-electron chi connectivity index (χ4n) is 3.34. The Morgan fingerprint density at radius 2 is 1.67 bits per heavy atom. The van der Waals surface area contributed by atoms with Crippen LogP contribution in [-0.2, 0) is 10.3 Å². The molecule has 1 fully saturated rings. The number of imide groups is 1. The van der Waals surface area contributed by atoms with Gasteiger partial charge < -0.3 is 14.8 Å². The molecule has 7 nitrogen and oxygen atoms in total. The molecule has 0 spiro atoms. The zero-order valence-corrected chi connectivity index (χ0v) is 16.4. The highest BCUT2D eigenvalue weighted by molar-refractivity contribution is 6.11. The standard InChI is InChI=1S/C21H20F2N2O5/c1-3-21(14-6-10-15(29-2)11-7-14)18(27)25(20(28)24-21)12-17(26)13-4-8-16(9-5-13)30-19(22)23/h4-11,19H,3,12H2,1-2H3,(H,24,28)/t21-/m1/s1. The van der Waals surface area contributed by atoms with Crippen molar-refractivity contribution < 1.29 is 32.6 Å². The number of Topliss-reactive ketones (excluding diaryl/α,β-unsaturated/α-hetero) is 1. The molecule has 0 aromatic heterocycles. The zero-order valence-electron chi connectivity index (χ0n) is 16.4. The van der Waals surface area contributed by atoms with Crippen molar-refractivity contribution in [2.75, 3.05) is 13.7 Å². The Hall–Kier alpha value is -3.49. The van der Waals surface area contributed by atoms with E-state index in [1.165, 1.54) is 31.4 Å². The number of hydrogen-bond donors (Lipinski definition) is 1. The van der Waals surface area contributed by atoms with Crippen LogP contribution in [0.25, 0.3) is 0 Å². The number of halogens is 2. The topological polar surface area (TPSA) is 84.9 Å². The van der Waals surface area contributed by atoms with E-state index in [0.29, 0.717) is 11.3 Å². The second-order valence-electron chi connectivity index (χ2n) is 6.63. The van der Waals surface area contributed by atoms with E-state index in [0.717, 1.165) is 4.90 Å². The Morgan fingerprint density at radius 1 is 1.07 bits per heavy atom. The third-order valence-corrected chi connectivity index (χ3v) is 4.99. The lowest BCUT2D eigenvalue weighted by atomic mass is 9.87. The Balaban J connectivity index is 1.78. The normalized spacial score (nSPS) is 18.5. The summed E-state index contributed by atoms with van der Waals surface area (Å²) in [5, 5.41) is 2.70. The van der Waals surface area contributed by atoms with Gasteiger partial charge in [-0.1, -0.05) is 19.1 Å². The number of rotatable bonds is 8. The average Bonchev–Trinajstić information content (AvgIpc) is 2.99. The Morgan fingerprint density at radius 3 is 2.20 bits per heavy atom. The predicted molar refractivity (Wildman–Crippen MR) is 103 cm³/mol. The molecular formula is C21H20F2N2O5. The summed E-state index contributed by atoms with van der Waals surface area (Å²) in [6.07, 6.45) is 0.286. The first kappa shape index (κ1) is 21.2. The first-order valence-electron chi connectivity index (χ1n) is 9.17. The quantitative estimate of drug-likeness (QED) is 0.525. The van der Waals surface area contributed by atoms with Crippen LogP contribution in [0.3, 0.4) is 0 Å². The van der Waals surface area contributed by atoms with Crippen LogP contribution in [0.5, 0.6) is 11.5 Å². The second-order valence-corrected chi connectivity index (χ2v) is 6.63. The summed E-state index contributed by atoms with van der Waals surface area (Å²) in [7, 11) is 1.52. The summed E-state index contributed by atoms with van der Waals surface area (Å²) in [5.74, 6) is -0.538. The fraction of sp³-hybridized carbons (Fsp3) is 0.286. The highest BCUT2D eigenvalue weighted by Gasteiger charge is 2.51. The van der Waals surface area contributed by atoms with Gasteiger partial charge in [-0.25, -0.2) is 4.79 Å². The van der Waals surface area contributed by atoms with Crippen molar-refractivity contribution >= 4 is 17.7 Å². The molecule has 0 aliphatic carbocycles. The molecule has 9 heteroatoms. The minimum absolute atomic E-state index is 0.0963. The number of urea groups is 1. The molecule has 158 valence electrons. The SMILES string of the molecule is CC[C@]1(c2ccc(OC)cc2)NC(=O)N(CC(=O)c2ccc(OC(F)F)cc2)C1=O. The maximum Gasteiger partial charge on any atom is 0.387 e. The summed E-state index contributed by atoms with van der Waals surface area (Å²) >= 11 is 0. The molecule has 0 bridgehead atoms. The summed E-state index contributed by atoms with van der Waals surface area (Å²) in [6.45, 7) is -1.69. The number of alkyl halides is 2. The van der Waals surface area contributed by atoms with Gasteiger partial charge in [0.2, 0.25) is 0 Å². The third kappa shape index (κ3) is 3.96. The van der Waals surface area contributed by atoms with Crippen molar-refractivity contribution in [1.82, 2.24) is 10.2 Å². The van der Waals surface area contributed by atoms with Gasteiger partial charge in [-0.15, -0.1) is 0 Å². The van der Waals surface area contributed by atoms with Crippen molar-refractivity contribution in [3.8, 4) is 11.5 Å². The molecule has 3 rings (SSSR count). The summed E-state index contributed by atoms with van der Waals surface area (Å²) in [4.78, 5) is 39.1. The minimum atomic E-state index is -2.97. The van der Waals surface area contributed by atoms with Gasteiger partial charge >= 0.3 is 12.6 Å². The van der Waals surface area contributed by atoms with E-state index in [1.54, 1.807) is 31.2 Å². The van der Waals surface area contributed by atoms with Gasteiger partial charge in [0.25, 0.3) is 5.91 Å². The van der Waals surface area contributed by atoms with Crippen molar-refractivity contribution in [1.29, 1.82) is 0 Å². The molecule has 0 saturated carbocycles. The third-order valence-electron chi connectivity index (χ3n) is 4.99. The summed E-state index contributed by atoms with van der Waals surface area (Å²) < 4.78 is 33.8. The van der Waals surface area contributed by atoms with Gasteiger partial charge in [-0.3, -0.25) is 14.5 Å². The minimum Gasteiger partial charge on any atom is -0.497 e. The molecule has 0 radical (unpaired) electrons. The lowest BCUT2D eigenvalue weighted by Crippen LogP contribution is -2.43. The maximum absolute atomic E-state index is 13.1. The summed E-state index contributed by atoms with van der Waals surface area (Å²) in [6, 6.07) is 11.1. The van der Waals surface area contributed by atoms with Gasteiger partial charge in [0.1, 0.15) is 17.0 Å². The number of benzene rings is 2. The number of ketones is 1. The highest BCUT2D eigenvalue weighted by atomic mass is 19.3. The van der Waals surface area contributed by atoms with Crippen molar-refractivity contribution in [2.45, 2.75) is 25.5 Å². The molecule has 3 amide bonds. The van der Waals surface area contributed by atoms with Crippen LogP contribution in [0.4, 0.5) is 13.6 Å². The Bertz CT molecular complexity index is 947. The van der Waals surface area contributed by atoms with E-state index in [-0.39, 0.29) is 17.7 Å². The van der Waals surface area contributed by atoms with Crippen molar-refractivity contribution in [2.24, 2.45) is 0 Å². The van der Waals surface area contributed by atoms with Crippen molar-refractivity contribution in [3.63, 3.8) is 0 Å². The molecular weight excluding hydrogens is 398 g/mol. The van der Waals surface area contributed by atoms with Crippen LogP contribution in [0.2, 0.25) is 0 Å². The second kappa shape index (κ2) is 8.48. The maximum atomic E-state index is 13.1. The van der Waals surface area contributed by atoms with Crippen LogP contribution in [0.1, 0.15) is 29.3 Å². The van der Waals surface area contributed by atoms with Crippen LogP contribution in [0.15, 0.2) is 48.5 Å². The van der Waals surface area contributed by atoms with Gasteiger partial charge in [-0.05, 0) is 48.4 Å². The molecule has 1 atom stereocenters. The van der Waals surface area contributed by atoms with E-state index in [9.17, 15) is 23.2 Å². The molecule has 30 heavy (non-hydrogen) atoms. The van der Waals surface area contributed by atoms with E-state index >= 15 is 0 Å². The predicted octanol–water partition coefficient (Wildman–Crippen LogP) is 3.34. The number of nitrogens with zero attached hydrogens (tertiary/aromatic N) is 1. The highest BCUT2D eigenvalue weighted by Crippen LogP contribution is 2.33. The number of carbonyl (C=O) groups is 3. The Labute approximate surface area is 171 Å². The lowest BCUT2D eigenvalue weighted by Gasteiger charge is -2.26. The smallest absolute Gasteiger partial charge is 0.387 e. The van der Waals surface area contributed by atoms with Gasteiger partial charge in [-0.2, -0.15) is 8.78 Å². The Kier molecular flexibility index (Phi) is 6.00. The molecule has 1 heterocycles. The molecule has 1 saturated heterocycles. The molecule has 1 aliphatic heterocycles. The molecule has 2 aromatic rings. The number of carbonyl (C=O) groups excluding carboxylic acids is 3. The summed E-state index contributed by atoms with van der Waals surface area (Å²) in [5.41, 5.74) is -0.540. The number of amides is 3. The van der Waals surface area contributed by atoms with Crippen LogP contribution in [0, 0.1) is 0 Å². The largest absolute Gasteiger partial charge is 0.497 e. The van der Waals surface area contributed by atoms with Crippen LogP contribution in [-0.4, -0.2) is 42.9 Å². The van der Waals surface area contributed by atoms with Crippen molar-refractivity contribution in [3.05, 3.63) is 59.7 Å². The first-order chi connectivity index (χ1) is 14.3. The zero-order chi connectivity index (χ0) is 21.9. The molecule has 0 unspecified atom stereocenters. The number of nitrogens with one attached hydrogen (secondary N) is 1. The monoisotopic (exact) mass is 418 g/mol. The molecule has 1 aliphatic rings. The van der Waals surface area contributed by atoms with Gasteiger partial charge in [0, 0.05) is 5.56 Å². The fourth-order valence-corrected chi connectivity index (χ4v) is 3.34. The lowest BCUT2D eigenvalue weighted by molar-refractivity contribution is -0.131. The van der Waals surface area contributed by atoms with E-state index in [2.05, 4.69) is 10.1 Å². The van der Waals surface area contributed by atoms with Gasteiger partial charge in [0.15, 0.2) is 5.78 Å². The number of methoxy groups -OCH3 is 1. The van der Waals surface area contributed by atoms with Crippen LogP contribution >= 0.6 is 0 Å².